The molecule has 1 rings (SSSR count). The van der Waals surface area contributed by atoms with Gasteiger partial charge in [-0.25, -0.2) is 0 Å². The number of nitrogens with zero attached hydrogens (tertiary/aromatic N) is 6. The lowest BCUT2D eigenvalue weighted by Gasteiger charge is -1.94. The van der Waals surface area contributed by atoms with E-state index in [0.29, 0.717) is 5.69 Å². The molecular formula is C7H5N6. The van der Waals surface area contributed by atoms with Crippen LogP contribution in [0.1, 0.15) is 5.56 Å². The molecule has 0 N–H and O–H groups in total. The topological polar surface area (TPSA) is 97.5 Å². The van der Waals surface area contributed by atoms with Crippen molar-refractivity contribution < 1.29 is 0 Å². The van der Waals surface area contributed by atoms with Crippen molar-refractivity contribution in [2.45, 2.75) is 0 Å². The van der Waals surface area contributed by atoms with Crippen LogP contribution in [-0.4, -0.2) is 0 Å². The van der Waals surface area contributed by atoms with Crippen LogP contribution in [0.3, 0.4) is 0 Å². The molecule has 0 bridgehead atoms. The summed E-state index contributed by atoms with van der Waals surface area (Å²) < 4.78 is 0. The summed E-state index contributed by atoms with van der Waals surface area (Å²) in [4.78, 5) is 5.21. The fraction of sp³-hybridized carbons (Fsp3) is 0. The molecule has 0 heterocycles. The summed E-state index contributed by atoms with van der Waals surface area (Å²) in [5, 5.41) is 6.66. The van der Waals surface area contributed by atoms with Gasteiger partial charge >= 0.3 is 0 Å². The average Bonchev–Trinajstić information content (AvgIpc) is 2.17. The normalized spacial score (nSPS) is 8.31. The molecule has 6 heteroatoms. The number of benzene rings is 1. The van der Waals surface area contributed by atoms with Crippen molar-refractivity contribution in [3.8, 4) is 0 Å². The van der Waals surface area contributed by atoms with Crippen LogP contribution in [0.15, 0.2) is 34.5 Å². The SMILES string of the molecule is [N-]=[N+]=N[CH]c1ccc(N=[N+]=[N-])cc1. The minimum atomic E-state index is 0.528. The van der Waals surface area contributed by atoms with Crippen LogP contribution >= 0.6 is 0 Å². The van der Waals surface area contributed by atoms with Gasteiger partial charge in [-0.1, -0.05) is 34.5 Å². The van der Waals surface area contributed by atoms with Gasteiger partial charge in [0.15, 0.2) is 0 Å². The first-order chi connectivity index (χ1) is 6.36. The maximum absolute atomic E-state index is 8.11. The summed E-state index contributed by atoms with van der Waals surface area (Å²) in [6.07, 6.45) is 0. The standard InChI is InChI=1S/C7H5N6/c8-12-10-5-6-1-3-7(4-2-6)11-13-9/h1-5H. The quantitative estimate of drug-likeness (QED) is 0.380. The molecule has 0 aliphatic rings. The Labute approximate surface area is 74.1 Å². The van der Waals surface area contributed by atoms with Crippen LogP contribution in [-0.2, 0) is 0 Å². The molecule has 0 saturated heterocycles. The Morgan fingerprint density at radius 1 is 1.08 bits per heavy atom. The van der Waals surface area contributed by atoms with Gasteiger partial charge in [-0.05, 0) is 16.6 Å². The second-order valence-corrected chi connectivity index (χ2v) is 2.11. The molecule has 13 heavy (non-hydrogen) atoms. The van der Waals surface area contributed by atoms with E-state index in [-0.39, 0.29) is 0 Å². The summed E-state index contributed by atoms with van der Waals surface area (Å²) >= 11 is 0. The fourth-order valence-corrected chi connectivity index (χ4v) is 0.771. The predicted octanol–water partition coefficient (Wildman–Crippen LogP) is 3.45. The average molecular weight is 173 g/mol. The molecule has 0 unspecified atom stereocenters. The van der Waals surface area contributed by atoms with E-state index in [2.05, 4.69) is 20.1 Å². The van der Waals surface area contributed by atoms with E-state index < -0.39 is 0 Å². The molecule has 6 nitrogen and oxygen atoms in total. The Hall–Kier alpha value is -2.16. The molecule has 0 atom stereocenters. The first-order valence-electron chi connectivity index (χ1n) is 3.39. The van der Waals surface area contributed by atoms with Crippen molar-refractivity contribution in [1.29, 1.82) is 0 Å². The third kappa shape index (κ3) is 2.75. The first kappa shape index (κ1) is 8.93. The molecule has 63 valence electrons. The Morgan fingerprint density at radius 2 is 1.77 bits per heavy atom. The van der Waals surface area contributed by atoms with Gasteiger partial charge in [0.05, 0.1) is 6.54 Å². The molecule has 0 fully saturated rings. The van der Waals surface area contributed by atoms with Crippen molar-refractivity contribution in [2.75, 3.05) is 0 Å². The van der Waals surface area contributed by atoms with Gasteiger partial charge in [-0.3, -0.25) is 0 Å². The second kappa shape index (κ2) is 4.66. The third-order valence-electron chi connectivity index (χ3n) is 1.31. The summed E-state index contributed by atoms with van der Waals surface area (Å²) in [5.74, 6) is 0. The Balaban J connectivity index is 2.80. The highest BCUT2D eigenvalue weighted by molar-refractivity contribution is 5.40. The Morgan fingerprint density at radius 3 is 2.31 bits per heavy atom. The molecule has 1 aromatic carbocycles. The molecule has 0 aliphatic carbocycles. The number of rotatable bonds is 3. The zero-order valence-electron chi connectivity index (χ0n) is 6.57. The lowest BCUT2D eigenvalue weighted by Crippen LogP contribution is -1.74. The summed E-state index contributed by atoms with van der Waals surface area (Å²) in [7, 11) is 0. The lowest BCUT2D eigenvalue weighted by molar-refractivity contribution is 1.30. The molecule has 0 amide bonds. The van der Waals surface area contributed by atoms with E-state index in [1.54, 1.807) is 24.3 Å². The van der Waals surface area contributed by atoms with Crippen molar-refractivity contribution in [3.63, 3.8) is 0 Å². The van der Waals surface area contributed by atoms with E-state index in [1.165, 1.54) is 6.54 Å². The zero-order chi connectivity index (χ0) is 9.52. The van der Waals surface area contributed by atoms with Gasteiger partial charge < -0.3 is 0 Å². The smallest absolute Gasteiger partial charge is 0.0750 e. The van der Waals surface area contributed by atoms with Gasteiger partial charge in [0.1, 0.15) is 0 Å². The minimum Gasteiger partial charge on any atom is -0.0851 e. The van der Waals surface area contributed by atoms with E-state index in [4.69, 9.17) is 11.1 Å². The maximum Gasteiger partial charge on any atom is 0.0750 e. The highest BCUT2D eigenvalue weighted by atomic mass is 15.1. The Kier molecular flexibility index (Phi) is 3.20. The summed E-state index contributed by atoms with van der Waals surface area (Å²) in [6, 6.07) is 6.66. The maximum atomic E-state index is 8.11. The fourth-order valence-electron chi connectivity index (χ4n) is 0.771. The lowest BCUT2D eigenvalue weighted by atomic mass is 10.2. The highest BCUT2D eigenvalue weighted by Crippen LogP contribution is 2.14. The van der Waals surface area contributed by atoms with E-state index >= 15 is 0 Å². The highest BCUT2D eigenvalue weighted by Gasteiger charge is 1.90. The van der Waals surface area contributed by atoms with Crippen LogP contribution in [0.5, 0.6) is 0 Å². The molecular weight excluding hydrogens is 168 g/mol. The number of hydrogen-bond acceptors (Lipinski definition) is 2. The molecule has 1 aromatic rings. The Bertz CT molecular complexity index is 368. The van der Waals surface area contributed by atoms with Crippen molar-refractivity contribution >= 4 is 5.69 Å². The van der Waals surface area contributed by atoms with Crippen molar-refractivity contribution in [3.05, 3.63) is 57.3 Å². The molecule has 1 radical (unpaired) electrons. The van der Waals surface area contributed by atoms with Crippen LogP contribution in [0.2, 0.25) is 0 Å². The second-order valence-electron chi connectivity index (χ2n) is 2.11. The predicted molar refractivity (Wildman–Crippen MR) is 47.8 cm³/mol. The van der Waals surface area contributed by atoms with Gasteiger partial charge in [-0.2, -0.15) is 0 Å². The largest absolute Gasteiger partial charge is 0.0851 e. The monoisotopic (exact) mass is 173 g/mol. The molecule has 0 saturated carbocycles. The molecule has 0 spiro atoms. The molecule has 0 aliphatic heterocycles. The van der Waals surface area contributed by atoms with Crippen LogP contribution in [0.25, 0.3) is 20.9 Å². The van der Waals surface area contributed by atoms with Gasteiger partial charge in [0, 0.05) is 15.5 Å². The van der Waals surface area contributed by atoms with Gasteiger partial charge in [0.25, 0.3) is 0 Å². The summed E-state index contributed by atoms with van der Waals surface area (Å²) in [5.41, 5.74) is 17.4. The number of hydrogen-bond donors (Lipinski definition) is 0. The third-order valence-corrected chi connectivity index (χ3v) is 1.31. The van der Waals surface area contributed by atoms with E-state index in [0.717, 1.165) is 5.56 Å². The van der Waals surface area contributed by atoms with Crippen LogP contribution < -0.4 is 0 Å². The number of azide groups is 2. The van der Waals surface area contributed by atoms with E-state index in [1.807, 2.05) is 0 Å². The zero-order valence-corrected chi connectivity index (χ0v) is 6.57. The van der Waals surface area contributed by atoms with Crippen LogP contribution in [0, 0.1) is 6.54 Å². The van der Waals surface area contributed by atoms with Crippen LogP contribution in [0.4, 0.5) is 5.69 Å². The van der Waals surface area contributed by atoms with Gasteiger partial charge in [0.2, 0.25) is 0 Å². The first-order valence-corrected chi connectivity index (χ1v) is 3.39. The van der Waals surface area contributed by atoms with Crippen molar-refractivity contribution in [1.82, 2.24) is 0 Å². The summed E-state index contributed by atoms with van der Waals surface area (Å²) in [6.45, 7) is 1.37. The molecule has 0 aromatic heterocycles. The van der Waals surface area contributed by atoms with Crippen molar-refractivity contribution in [2.24, 2.45) is 10.2 Å². The van der Waals surface area contributed by atoms with Gasteiger partial charge in [-0.15, -0.1) is 0 Å². The minimum absolute atomic E-state index is 0.528. The van der Waals surface area contributed by atoms with E-state index in [9.17, 15) is 0 Å².